The summed E-state index contributed by atoms with van der Waals surface area (Å²) in [4.78, 5) is 46.6. The van der Waals surface area contributed by atoms with Crippen LogP contribution in [0.25, 0.3) is 0 Å². The molecule has 0 aliphatic carbocycles. The summed E-state index contributed by atoms with van der Waals surface area (Å²) in [5.74, 6) is -3.80. The lowest BCUT2D eigenvalue weighted by Gasteiger charge is -2.44. The molecule has 1 aliphatic rings. The van der Waals surface area contributed by atoms with Crippen molar-refractivity contribution in [2.45, 2.75) is 58.2 Å². The number of carbonyl (C=O) groups excluding carboxylic acids is 4. The summed E-state index contributed by atoms with van der Waals surface area (Å²) in [5.41, 5.74) is -0.0709. The molecule has 1 aromatic rings. The highest BCUT2D eigenvalue weighted by molar-refractivity contribution is 5.68. The molecule has 0 saturated carbocycles. The third-order valence-corrected chi connectivity index (χ3v) is 4.43. The van der Waals surface area contributed by atoms with Crippen LogP contribution in [0.1, 0.15) is 44.9 Å². The van der Waals surface area contributed by atoms with Crippen molar-refractivity contribution >= 4 is 23.9 Å². The van der Waals surface area contributed by atoms with Gasteiger partial charge in [-0.25, -0.2) is 4.39 Å². The summed E-state index contributed by atoms with van der Waals surface area (Å²) in [5, 5.41) is 8.97. The maximum absolute atomic E-state index is 14.3. The Balaban J connectivity index is 2.58. The Morgan fingerprint density at radius 3 is 2.00 bits per heavy atom. The van der Waals surface area contributed by atoms with Gasteiger partial charge in [0, 0.05) is 27.7 Å². The molecule has 0 amide bonds. The van der Waals surface area contributed by atoms with E-state index in [-0.39, 0.29) is 11.1 Å². The number of hydrogen-bond acceptors (Lipinski definition) is 10. The van der Waals surface area contributed by atoms with Gasteiger partial charge in [0.15, 0.2) is 18.3 Å². The monoisotopic (exact) mass is 451 g/mol. The Hall–Kier alpha value is -3.52. The molecule has 1 heterocycles. The highest BCUT2D eigenvalue weighted by Gasteiger charge is 2.52. The molecule has 0 spiro atoms. The average Bonchev–Trinajstić information content (AvgIpc) is 2.68. The molecule has 1 aromatic carbocycles. The van der Waals surface area contributed by atoms with E-state index < -0.39 is 66.8 Å². The fourth-order valence-electron chi connectivity index (χ4n) is 3.30. The Bertz CT molecular complexity index is 942. The van der Waals surface area contributed by atoms with Crippen LogP contribution in [0.5, 0.6) is 0 Å². The number of carbonyl (C=O) groups is 4. The predicted octanol–water partition coefficient (Wildman–Crippen LogP) is 1.50. The van der Waals surface area contributed by atoms with Crippen LogP contribution in [0.3, 0.4) is 0 Å². The Labute approximate surface area is 183 Å². The Morgan fingerprint density at radius 2 is 1.50 bits per heavy atom. The summed E-state index contributed by atoms with van der Waals surface area (Å²) >= 11 is 0. The zero-order chi connectivity index (χ0) is 24.0. The van der Waals surface area contributed by atoms with E-state index in [2.05, 4.69) is 0 Å². The zero-order valence-electron chi connectivity index (χ0n) is 17.8. The number of halogens is 1. The highest BCUT2D eigenvalue weighted by atomic mass is 19.1. The van der Waals surface area contributed by atoms with E-state index in [0.717, 1.165) is 33.8 Å². The van der Waals surface area contributed by atoms with Crippen LogP contribution in [0, 0.1) is 17.1 Å². The molecule has 11 heteroatoms. The van der Waals surface area contributed by atoms with E-state index in [9.17, 15) is 23.6 Å². The first-order valence-corrected chi connectivity index (χ1v) is 9.53. The van der Waals surface area contributed by atoms with Crippen LogP contribution < -0.4 is 0 Å². The van der Waals surface area contributed by atoms with Crippen LogP contribution in [0.15, 0.2) is 18.2 Å². The van der Waals surface area contributed by atoms with E-state index in [1.165, 1.54) is 12.1 Å². The van der Waals surface area contributed by atoms with Gasteiger partial charge < -0.3 is 23.7 Å². The standard InChI is InChI=1S/C21H22FNO9/c1-10(24)28-9-17-19(29-11(2)25)21(31-13(4)27)20(30-12(3)26)18(32-17)14-5-6-15(8-23)16(22)7-14/h5-7,17-21H,9H2,1-4H3/t17-,18+,19-,20+,21+/m1/s1. The van der Waals surface area contributed by atoms with Crippen molar-refractivity contribution in [3.63, 3.8) is 0 Å². The van der Waals surface area contributed by atoms with Crippen LogP contribution in [-0.4, -0.2) is 54.9 Å². The van der Waals surface area contributed by atoms with Crippen LogP contribution in [0.2, 0.25) is 0 Å². The first kappa shape index (κ1) is 24.7. The van der Waals surface area contributed by atoms with Crippen LogP contribution in [0.4, 0.5) is 4.39 Å². The first-order valence-electron chi connectivity index (χ1n) is 9.53. The minimum Gasteiger partial charge on any atom is -0.463 e. The van der Waals surface area contributed by atoms with Gasteiger partial charge >= 0.3 is 23.9 Å². The van der Waals surface area contributed by atoms with E-state index in [1.807, 2.05) is 0 Å². The topological polar surface area (TPSA) is 138 Å². The van der Waals surface area contributed by atoms with Crippen molar-refractivity contribution in [2.75, 3.05) is 6.61 Å². The molecule has 0 aromatic heterocycles. The van der Waals surface area contributed by atoms with E-state index in [1.54, 1.807) is 6.07 Å². The normalized spacial score (nSPS) is 24.6. The van der Waals surface area contributed by atoms with Gasteiger partial charge in [0.2, 0.25) is 0 Å². The largest absolute Gasteiger partial charge is 0.463 e. The van der Waals surface area contributed by atoms with E-state index in [0.29, 0.717) is 0 Å². The summed E-state index contributed by atoms with van der Waals surface area (Å²) in [7, 11) is 0. The number of benzene rings is 1. The van der Waals surface area contributed by atoms with Crippen molar-refractivity contribution in [3.8, 4) is 6.07 Å². The molecule has 0 bridgehead atoms. The number of nitrogens with zero attached hydrogens (tertiary/aromatic N) is 1. The number of ether oxygens (including phenoxy) is 5. The van der Waals surface area contributed by atoms with Crippen LogP contribution >= 0.6 is 0 Å². The maximum atomic E-state index is 14.3. The molecule has 32 heavy (non-hydrogen) atoms. The summed E-state index contributed by atoms with van der Waals surface area (Å²) < 4.78 is 41.1. The molecule has 10 nitrogen and oxygen atoms in total. The lowest BCUT2D eigenvalue weighted by atomic mass is 9.90. The molecule has 0 unspecified atom stereocenters. The van der Waals surface area contributed by atoms with Crippen molar-refractivity contribution in [2.24, 2.45) is 0 Å². The third kappa shape index (κ3) is 6.24. The van der Waals surface area contributed by atoms with Gasteiger partial charge in [-0.05, 0) is 17.7 Å². The van der Waals surface area contributed by atoms with Gasteiger partial charge in [-0.1, -0.05) is 6.07 Å². The Morgan fingerprint density at radius 1 is 0.938 bits per heavy atom. The van der Waals surface area contributed by atoms with Crippen molar-refractivity contribution in [3.05, 3.63) is 35.1 Å². The van der Waals surface area contributed by atoms with E-state index >= 15 is 0 Å². The fourth-order valence-corrected chi connectivity index (χ4v) is 3.30. The zero-order valence-corrected chi connectivity index (χ0v) is 17.8. The fraction of sp³-hybridized carbons (Fsp3) is 0.476. The molecular formula is C21H22FNO9. The minimum atomic E-state index is -1.36. The quantitative estimate of drug-likeness (QED) is 0.462. The highest BCUT2D eigenvalue weighted by Crippen LogP contribution is 2.38. The minimum absolute atomic E-state index is 0.152. The number of rotatable bonds is 6. The molecule has 0 N–H and O–H groups in total. The van der Waals surface area contributed by atoms with Gasteiger partial charge in [0.25, 0.3) is 0 Å². The second-order valence-corrected chi connectivity index (χ2v) is 6.97. The Kier molecular flexibility index (Phi) is 8.26. The lowest BCUT2D eigenvalue weighted by molar-refractivity contribution is -0.254. The van der Waals surface area contributed by atoms with Crippen molar-refractivity contribution in [1.29, 1.82) is 5.26 Å². The second-order valence-electron chi connectivity index (χ2n) is 6.97. The maximum Gasteiger partial charge on any atom is 0.303 e. The molecule has 0 radical (unpaired) electrons. The van der Waals surface area contributed by atoms with Crippen LogP contribution in [-0.2, 0) is 42.9 Å². The number of esters is 4. The molecule has 1 saturated heterocycles. The predicted molar refractivity (Wildman–Crippen MR) is 102 cm³/mol. The molecular weight excluding hydrogens is 429 g/mol. The summed E-state index contributed by atoms with van der Waals surface area (Å²) in [6.07, 6.45) is -6.37. The molecule has 172 valence electrons. The lowest BCUT2D eigenvalue weighted by Crippen LogP contribution is -2.59. The number of nitriles is 1. The first-order chi connectivity index (χ1) is 15.0. The van der Waals surface area contributed by atoms with E-state index in [4.69, 9.17) is 28.9 Å². The number of hydrogen-bond donors (Lipinski definition) is 0. The second kappa shape index (κ2) is 10.7. The van der Waals surface area contributed by atoms with Gasteiger partial charge in [-0.2, -0.15) is 5.26 Å². The van der Waals surface area contributed by atoms with Gasteiger partial charge in [-0.3, -0.25) is 19.2 Å². The molecule has 5 atom stereocenters. The molecule has 1 fully saturated rings. The smallest absolute Gasteiger partial charge is 0.303 e. The van der Waals surface area contributed by atoms with Crippen molar-refractivity contribution in [1.82, 2.24) is 0 Å². The SMILES string of the molecule is CC(=O)OC[C@H]1O[C@@H](c2ccc(C#N)c(F)c2)[C@H](OC(C)=O)[C@@H](OC(C)=O)[C@@H]1OC(C)=O. The van der Waals surface area contributed by atoms with Crippen molar-refractivity contribution < 1.29 is 47.3 Å². The van der Waals surface area contributed by atoms with Gasteiger partial charge in [-0.15, -0.1) is 0 Å². The van der Waals surface area contributed by atoms with Gasteiger partial charge in [0.1, 0.15) is 30.7 Å². The van der Waals surface area contributed by atoms with Gasteiger partial charge in [0.05, 0.1) is 5.56 Å². The molecule has 2 rings (SSSR count). The summed E-state index contributed by atoms with van der Waals surface area (Å²) in [6.45, 7) is 4.07. The third-order valence-electron chi connectivity index (χ3n) is 4.43. The summed E-state index contributed by atoms with van der Waals surface area (Å²) in [6, 6.07) is 5.29. The average molecular weight is 451 g/mol. The molecule has 1 aliphatic heterocycles.